The molecule has 1 fully saturated rings. The van der Waals surface area contributed by atoms with Crippen molar-refractivity contribution in [3.8, 4) is 5.75 Å². The van der Waals surface area contributed by atoms with Crippen molar-refractivity contribution in [2.45, 2.75) is 31.8 Å². The van der Waals surface area contributed by atoms with Crippen molar-refractivity contribution < 1.29 is 18.8 Å². The average molecular weight is 283 g/mol. The first-order valence-electron chi connectivity index (χ1n) is 6.69. The molecule has 0 heterocycles. The zero-order valence-electron chi connectivity index (χ0n) is 11.4. The topological polar surface area (TPSA) is 61.6 Å². The highest BCUT2D eigenvalue weighted by Gasteiger charge is 2.25. The van der Waals surface area contributed by atoms with E-state index in [1.54, 1.807) is 7.11 Å². The normalized spacial score (nSPS) is 22.5. The van der Waals surface area contributed by atoms with E-state index in [9.17, 15) is 14.5 Å². The molecule has 110 valence electrons. The molecule has 0 unspecified atom stereocenters. The first-order valence-corrected chi connectivity index (χ1v) is 6.69. The number of hydrogen-bond acceptors (Lipinski definition) is 4. The molecule has 0 amide bonds. The van der Waals surface area contributed by atoms with Crippen LogP contribution in [0.25, 0.3) is 0 Å². The fourth-order valence-corrected chi connectivity index (χ4v) is 2.56. The summed E-state index contributed by atoms with van der Waals surface area (Å²) in [7, 11) is 1.68. The van der Waals surface area contributed by atoms with Gasteiger partial charge < -0.3 is 9.47 Å². The maximum Gasteiger partial charge on any atom is 0.311 e. The van der Waals surface area contributed by atoms with Gasteiger partial charge in [-0.05, 0) is 37.7 Å². The Bertz CT molecular complexity index is 472. The van der Waals surface area contributed by atoms with Crippen LogP contribution >= 0.6 is 0 Å². The summed E-state index contributed by atoms with van der Waals surface area (Å²) in [6, 6.07) is 3.29. The fraction of sp³-hybridized carbons (Fsp3) is 0.571. The number of nitro benzene ring substituents is 1. The Morgan fingerprint density at radius 3 is 2.65 bits per heavy atom. The zero-order valence-corrected chi connectivity index (χ0v) is 11.4. The molecule has 0 radical (unpaired) electrons. The second kappa shape index (κ2) is 6.65. The molecular weight excluding hydrogens is 265 g/mol. The molecule has 0 N–H and O–H groups in total. The molecule has 6 heteroatoms. The van der Waals surface area contributed by atoms with Gasteiger partial charge >= 0.3 is 5.69 Å². The summed E-state index contributed by atoms with van der Waals surface area (Å²) in [5.41, 5.74) is -0.189. The van der Waals surface area contributed by atoms with Crippen LogP contribution in [0.4, 0.5) is 10.1 Å². The third-order valence-electron chi connectivity index (χ3n) is 3.61. The van der Waals surface area contributed by atoms with E-state index < -0.39 is 10.7 Å². The van der Waals surface area contributed by atoms with E-state index in [-0.39, 0.29) is 17.5 Å². The number of benzene rings is 1. The third-order valence-corrected chi connectivity index (χ3v) is 3.61. The minimum atomic E-state index is -0.550. The van der Waals surface area contributed by atoms with Crippen LogP contribution in [0.5, 0.6) is 5.75 Å². The highest BCUT2D eigenvalue weighted by Crippen LogP contribution is 2.32. The van der Waals surface area contributed by atoms with Crippen LogP contribution in [-0.4, -0.2) is 24.7 Å². The summed E-state index contributed by atoms with van der Waals surface area (Å²) >= 11 is 0. The lowest BCUT2D eigenvalue weighted by Gasteiger charge is -2.28. The highest BCUT2D eigenvalue weighted by atomic mass is 19.1. The van der Waals surface area contributed by atoms with Gasteiger partial charge in [-0.1, -0.05) is 0 Å². The first kappa shape index (κ1) is 14.7. The molecule has 1 aliphatic rings. The van der Waals surface area contributed by atoms with Gasteiger partial charge in [0.15, 0.2) is 5.75 Å². The number of nitro groups is 1. The van der Waals surface area contributed by atoms with E-state index >= 15 is 0 Å². The predicted octanol–water partition coefficient (Wildman–Crippen LogP) is 3.32. The van der Waals surface area contributed by atoms with E-state index in [2.05, 4.69) is 0 Å². The van der Waals surface area contributed by atoms with Gasteiger partial charge in [0.1, 0.15) is 5.82 Å². The number of rotatable bonds is 5. The van der Waals surface area contributed by atoms with Crippen LogP contribution in [0, 0.1) is 21.8 Å². The van der Waals surface area contributed by atoms with E-state index in [0.29, 0.717) is 5.92 Å². The lowest BCUT2D eigenvalue weighted by molar-refractivity contribution is -0.386. The summed E-state index contributed by atoms with van der Waals surface area (Å²) in [4.78, 5) is 10.3. The second-order valence-electron chi connectivity index (χ2n) is 5.09. The quantitative estimate of drug-likeness (QED) is 0.614. The highest BCUT2D eigenvalue weighted by molar-refractivity contribution is 5.46. The molecule has 2 rings (SSSR count). The van der Waals surface area contributed by atoms with Gasteiger partial charge in [0, 0.05) is 25.8 Å². The molecule has 1 aliphatic carbocycles. The molecule has 0 spiro atoms. The molecule has 20 heavy (non-hydrogen) atoms. The van der Waals surface area contributed by atoms with Gasteiger partial charge in [-0.2, -0.15) is 0 Å². The minimum Gasteiger partial charge on any atom is -0.483 e. The van der Waals surface area contributed by atoms with Gasteiger partial charge in [0.2, 0.25) is 0 Å². The van der Waals surface area contributed by atoms with Crippen molar-refractivity contribution in [2.24, 2.45) is 5.92 Å². The largest absolute Gasteiger partial charge is 0.483 e. The maximum atomic E-state index is 13.2. The van der Waals surface area contributed by atoms with Crippen molar-refractivity contribution in [3.63, 3.8) is 0 Å². The maximum absolute atomic E-state index is 13.2. The van der Waals surface area contributed by atoms with Gasteiger partial charge in [0.25, 0.3) is 0 Å². The van der Waals surface area contributed by atoms with Crippen molar-refractivity contribution in [1.82, 2.24) is 0 Å². The second-order valence-corrected chi connectivity index (χ2v) is 5.09. The monoisotopic (exact) mass is 283 g/mol. The van der Waals surface area contributed by atoms with Crippen molar-refractivity contribution in [1.29, 1.82) is 0 Å². The van der Waals surface area contributed by atoms with Crippen LogP contribution in [-0.2, 0) is 4.74 Å². The van der Waals surface area contributed by atoms with Crippen molar-refractivity contribution >= 4 is 5.69 Å². The predicted molar refractivity (Wildman–Crippen MR) is 71.3 cm³/mol. The van der Waals surface area contributed by atoms with Crippen LogP contribution in [0.15, 0.2) is 18.2 Å². The van der Waals surface area contributed by atoms with Crippen LogP contribution in [0.3, 0.4) is 0 Å². The molecule has 0 aliphatic heterocycles. The van der Waals surface area contributed by atoms with Crippen LogP contribution < -0.4 is 4.74 Å². The van der Waals surface area contributed by atoms with E-state index in [1.807, 2.05) is 0 Å². The number of ether oxygens (including phenoxy) is 2. The Labute approximate surface area is 116 Å². The smallest absolute Gasteiger partial charge is 0.311 e. The van der Waals surface area contributed by atoms with Crippen LogP contribution in [0.1, 0.15) is 25.7 Å². The molecule has 0 aromatic heterocycles. The van der Waals surface area contributed by atoms with Gasteiger partial charge in [0.05, 0.1) is 11.0 Å². The van der Waals surface area contributed by atoms with Crippen molar-refractivity contribution in [2.75, 3.05) is 13.7 Å². The standard InChI is InChI=1S/C14H18FNO4/c1-19-9-10-2-5-12(6-3-10)20-14-8-11(15)4-7-13(14)16(17)18/h4,7-8,10,12H,2-3,5-6,9H2,1H3. The summed E-state index contributed by atoms with van der Waals surface area (Å²) in [6.45, 7) is 0.729. The number of nitrogens with zero attached hydrogens (tertiary/aromatic N) is 1. The Morgan fingerprint density at radius 1 is 1.35 bits per heavy atom. The Balaban J connectivity index is 2.00. The number of methoxy groups -OCH3 is 1. The van der Waals surface area contributed by atoms with Gasteiger partial charge in [-0.25, -0.2) is 4.39 Å². The molecule has 1 saturated carbocycles. The SMILES string of the molecule is COCC1CCC(Oc2cc(F)ccc2[N+](=O)[O-])CC1. The summed E-state index contributed by atoms with van der Waals surface area (Å²) in [5.74, 6) is 0.00575. The summed E-state index contributed by atoms with van der Waals surface area (Å²) in [6.07, 6.45) is 3.44. The number of halogens is 1. The number of hydrogen-bond donors (Lipinski definition) is 0. The molecule has 1 aromatic rings. The molecular formula is C14H18FNO4. The Kier molecular flexibility index (Phi) is 4.89. The van der Waals surface area contributed by atoms with E-state index in [0.717, 1.165) is 50.5 Å². The zero-order chi connectivity index (χ0) is 14.5. The first-order chi connectivity index (χ1) is 9.60. The molecule has 0 bridgehead atoms. The minimum absolute atomic E-state index is 0.0187. The lowest BCUT2D eigenvalue weighted by Crippen LogP contribution is -2.26. The molecule has 0 atom stereocenters. The fourth-order valence-electron chi connectivity index (χ4n) is 2.56. The summed E-state index contributed by atoms with van der Waals surface area (Å²) in [5, 5.41) is 10.9. The Morgan fingerprint density at radius 2 is 2.05 bits per heavy atom. The van der Waals surface area contributed by atoms with E-state index in [1.165, 1.54) is 0 Å². The summed E-state index contributed by atoms with van der Waals surface area (Å²) < 4.78 is 24.0. The van der Waals surface area contributed by atoms with Crippen molar-refractivity contribution in [3.05, 3.63) is 34.1 Å². The third kappa shape index (κ3) is 3.66. The lowest BCUT2D eigenvalue weighted by atomic mass is 9.88. The molecule has 1 aromatic carbocycles. The van der Waals surface area contributed by atoms with Gasteiger partial charge in [-0.15, -0.1) is 0 Å². The van der Waals surface area contributed by atoms with Gasteiger partial charge in [-0.3, -0.25) is 10.1 Å². The van der Waals surface area contributed by atoms with Crippen LogP contribution in [0.2, 0.25) is 0 Å². The van der Waals surface area contributed by atoms with E-state index in [4.69, 9.17) is 9.47 Å². The average Bonchev–Trinajstić information content (AvgIpc) is 2.41. The Hall–Kier alpha value is -1.69. The molecule has 5 nitrogen and oxygen atoms in total. The molecule has 0 saturated heterocycles.